The minimum Gasteiger partial charge on any atom is -0.493 e. The third-order valence-electron chi connectivity index (χ3n) is 3.81. The number of carbonyl (C=O) groups excluding carboxylic acids is 2. The van der Waals surface area contributed by atoms with Gasteiger partial charge in [-0.2, -0.15) is 0 Å². The van der Waals surface area contributed by atoms with Crippen molar-refractivity contribution >= 4 is 29.1 Å². The second-order valence-electron chi connectivity index (χ2n) is 5.61. The van der Waals surface area contributed by atoms with E-state index in [-0.39, 0.29) is 18.4 Å². The molecule has 0 radical (unpaired) electrons. The number of anilines is 1. The minimum absolute atomic E-state index is 0.0579. The Bertz CT molecular complexity index is 792. The molecule has 1 N–H and O–H groups in total. The molecule has 3 rings (SSSR count). The average molecular weight is 345 g/mol. The van der Waals surface area contributed by atoms with Gasteiger partial charge in [-0.3, -0.25) is 9.59 Å². The fraction of sp³-hybridized carbons (Fsp3) is 0.222. The van der Waals surface area contributed by atoms with Gasteiger partial charge in [-0.1, -0.05) is 23.7 Å². The molecule has 0 spiro atoms. The second-order valence-corrected chi connectivity index (χ2v) is 6.02. The SMILES string of the molecule is CN(CC(=O)Nc1ccccc1Cl)C(=O)c1ccc2c(c1)CCO2. The molecule has 0 fully saturated rings. The number of fused-ring (bicyclic) bond motifs is 1. The van der Waals surface area contributed by atoms with Gasteiger partial charge in [0.05, 0.1) is 23.9 Å². The number of likely N-dealkylation sites (N-methyl/N-ethyl adjacent to an activating group) is 1. The lowest BCUT2D eigenvalue weighted by atomic mass is 10.1. The summed E-state index contributed by atoms with van der Waals surface area (Å²) in [5, 5.41) is 3.16. The topological polar surface area (TPSA) is 58.6 Å². The standard InChI is InChI=1S/C18H17ClN2O3/c1-21(11-17(22)20-15-5-3-2-4-14(15)19)18(23)13-6-7-16-12(10-13)8-9-24-16/h2-7,10H,8-9,11H2,1H3,(H,20,22). The monoisotopic (exact) mass is 344 g/mol. The Morgan fingerprint density at radius 3 is 2.83 bits per heavy atom. The molecule has 24 heavy (non-hydrogen) atoms. The van der Waals surface area contributed by atoms with Gasteiger partial charge in [0.15, 0.2) is 0 Å². The van der Waals surface area contributed by atoms with E-state index in [0.717, 1.165) is 17.7 Å². The quantitative estimate of drug-likeness (QED) is 0.927. The third kappa shape index (κ3) is 3.51. The molecule has 2 aromatic carbocycles. The number of amides is 2. The van der Waals surface area contributed by atoms with Gasteiger partial charge in [-0.15, -0.1) is 0 Å². The molecule has 0 saturated carbocycles. The van der Waals surface area contributed by atoms with Crippen LogP contribution in [0.4, 0.5) is 5.69 Å². The number of hydrogen-bond acceptors (Lipinski definition) is 3. The highest BCUT2D eigenvalue weighted by Crippen LogP contribution is 2.26. The Labute approximate surface area is 145 Å². The molecule has 1 aliphatic rings. The molecule has 0 aromatic heterocycles. The van der Waals surface area contributed by atoms with Gasteiger partial charge in [0, 0.05) is 19.0 Å². The van der Waals surface area contributed by atoms with Crippen LogP contribution in [0.25, 0.3) is 0 Å². The van der Waals surface area contributed by atoms with Gasteiger partial charge in [0.2, 0.25) is 5.91 Å². The van der Waals surface area contributed by atoms with Crippen LogP contribution in [-0.2, 0) is 11.2 Å². The average Bonchev–Trinajstić information content (AvgIpc) is 3.03. The van der Waals surface area contributed by atoms with Crippen LogP contribution in [0.15, 0.2) is 42.5 Å². The summed E-state index contributed by atoms with van der Waals surface area (Å²) in [5.41, 5.74) is 2.10. The molecule has 6 heteroatoms. The summed E-state index contributed by atoms with van der Waals surface area (Å²) in [4.78, 5) is 26.0. The summed E-state index contributed by atoms with van der Waals surface area (Å²) in [6, 6.07) is 12.3. The summed E-state index contributed by atoms with van der Waals surface area (Å²) < 4.78 is 5.43. The van der Waals surface area contributed by atoms with E-state index >= 15 is 0 Å². The molecule has 0 unspecified atom stereocenters. The Morgan fingerprint density at radius 2 is 2.04 bits per heavy atom. The van der Waals surface area contributed by atoms with Crippen molar-refractivity contribution in [3.63, 3.8) is 0 Å². The van der Waals surface area contributed by atoms with Crippen molar-refractivity contribution in [3.8, 4) is 5.75 Å². The predicted octanol–water partition coefficient (Wildman–Crippen LogP) is 2.99. The van der Waals surface area contributed by atoms with Gasteiger partial charge in [0.25, 0.3) is 5.91 Å². The molecule has 124 valence electrons. The number of benzene rings is 2. The van der Waals surface area contributed by atoms with Crippen LogP contribution in [0.3, 0.4) is 0 Å². The molecule has 0 aliphatic carbocycles. The maximum Gasteiger partial charge on any atom is 0.254 e. The zero-order valence-electron chi connectivity index (χ0n) is 13.2. The van der Waals surface area contributed by atoms with Gasteiger partial charge in [-0.05, 0) is 35.9 Å². The maximum atomic E-state index is 12.5. The number of carbonyl (C=O) groups is 2. The first-order valence-corrected chi connectivity index (χ1v) is 7.98. The third-order valence-corrected chi connectivity index (χ3v) is 4.14. The number of para-hydroxylation sites is 1. The lowest BCUT2D eigenvalue weighted by Crippen LogP contribution is -2.35. The fourth-order valence-electron chi connectivity index (χ4n) is 2.58. The number of rotatable bonds is 4. The zero-order chi connectivity index (χ0) is 17.1. The van der Waals surface area contributed by atoms with Crippen LogP contribution in [0, 0.1) is 0 Å². The number of hydrogen-bond donors (Lipinski definition) is 1. The van der Waals surface area contributed by atoms with Crippen LogP contribution < -0.4 is 10.1 Å². The predicted molar refractivity (Wildman–Crippen MR) is 92.7 cm³/mol. The zero-order valence-corrected chi connectivity index (χ0v) is 14.0. The molecule has 0 atom stereocenters. The van der Waals surface area contributed by atoms with E-state index in [1.54, 1.807) is 43.4 Å². The van der Waals surface area contributed by atoms with Crippen LogP contribution in [0.1, 0.15) is 15.9 Å². The molecule has 1 heterocycles. The van der Waals surface area contributed by atoms with Crippen molar-refractivity contribution in [2.45, 2.75) is 6.42 Å². The summed E-state index contributed by atoms with van der Waals surface area (Å²) in [6.07, 6.45) is 0.799. The Kier molecular flexibility index (Phi) is 4.71. The lowest BCUT2D eigenvalue weighted by Gasteiger charge is -2.17. The summed E-state index contributed by atoms with van der Waals surface area (Å²) in [7, 11) is 1.60. The van der Waals surface area contributed by atoms with Gasteiger partial charge in [0.1, 0.15) is 5.75 Å². The van der Waals surface area contributed by atoms with Gasteiger partial charge >= 0.3 is 0 Å². The van der Waals surface area contributed by atoms with Crippen LogP contribution in [0.5, 0.6) is 5.75 Å². The molecular formula is C18H17ClN2O3. The first kappa shape index (κ1) is 16.3. The fourth-order valence-corrected chi connectivity index (χ4v) is 2.76. The first-order valence-electron chi connectivity index (χ1n) is 7.60. The molecule has 2 aromatic rings. The van der Waals surface area contributed by atoms with Crippen molar-refractivity contribution in [1.29, 1.82) is 0 Å². The van der Waals surface area contributed by atoms with Crippen LogP contribution in [-0.4, -0.2) is 36.9 Å². The molecule has 1 aliphatic heterocycles. The molecular weight excluding hydrogens is 328 g/mol. The van der Waals surface area contributed by atoms with Crippen molar-refractivity contribution in [3.05, 3.63) is 58.6 Å². The summed E-state index contributed by atoms with van der Waals surface area (Å²) >= 11 is 6.01. The molecule has 0 bridgehead atoms. The van der Waals surface area contributed by atoms with E-state index in [4.69, 9.17) is 16.3 Å². The second kappa shape index (κ2) is 6.93. The van der Waals surface area contributed by atoms with Gasteiger partial charge in [-0.25, -0.2) is 0 Å². The van der Waals surface area contributed by atoms with E-state index in [9.17, 15) is 9.59 Å². The molecule has 2 amide bonds. The lowest BCUT2D eigenvalue weighted by molar-refractivity contribution is -0.116. The first-order chi connectivity index (χ1) is 11.5. The largest absolute Gasteiger partial charge is 0.493 e. The number of nitrogens with zero attached hydrogens (tertiary/aromatic N) is 1. The van der Waals surface area contributed by atoms with E-state index in [0.29, 0.717) is 22.9 Å². The van der Waals surface area contributed by atoms with Crippen LogP contribution >= 0.6 is 11.6 Å². The van der Waals surface area contributed by atoms with E-state index < -0.39 is 0 Å². The number of nitrogens with one attached hydrogen (secondary N) is 1. The van der Waals surface area contributed by atoms with Crippen molar-refractivity contribution in [2.24, 2.45) is 0 Å². The Morgan fingerprint density at radius 1 is 1.25 bits per heavy atom. The highest BCUT2D eigenvalue weighted by molar-refractivity contribution is 6.33. The summed E-state index contributed by atoms with van der Waals surface area (Å²) in [6.45, 7) is 0.584. The Balaban J connectivity index is 1.64. The minimum atomic E-state index is -0.302. The van der Waals surface area contributed by atoms with E-state index in [2.05, 4.69) is 5.32 Å². The van der Waals surface area contributed by atoms with E-state index in [1.807, 2.05) is 6.07 Å². The maximum absolute atomic E-state index is 12.5. The van der Waals surface area contributed by atoms with Crippen molar-refractivity contribution in [2.75, 3.05) is 25.5 Å². The number of halogens is 1. The highest BCUT2D eigenvalue weighted by Gasteiger charge is 2.19. The normalized spacial score (nSPS) is 12.2. The molecule has 0 saturated heterocycles. The van der Waals surface area contributed by atoms with Crippen LogP contribution in [0.2, 0.25) is 5.02 Å². The van der Waals surface area contributed by atoms with Gasteiger partial charge < -0.3 is 15.0 Å². The molecule has 5 nitrogen and oxygen atoms in total. The highest BCUT2D eigenvalue weighted by atomic mass is 35.5. The smallest absolute Gasteiger partial charge is 0.254 e. The van der Waals surface area contributed by atoms with Crippen molar-refractivity contribution in [1.82, 2.24) is 4.90 Å². The van der Waals surface area contributed by atoms with Crippen molar-refractivity contribution < 1.29 is 14.3 Å². The van der Waals surface area contributed by atoms with E-state index in [1.165, 1.54) is 4.90 Å². The number of ether oxygens (including phenoxy) is 1. The summed E-state index contributed by atoms with van der Waals surface area (Å²) in [5.74, 6) is 0.313. The Hall–Kier alpha value is -2.53.